The highest BCUT2D eigenvalue weighted by atomic mass is 32.1. The van der Waals surface area contributed by atoms with Crippen LogP contribution in [0.2, 0.25) is 0 Å². The highest BCUT2D eigenvalue weighted by molar-refractivity contribution is 7.82. The van der Waals surface area contributed by atoms with Crippen LogP contribution in [0.3, 0.4) is 0 Å². The average Bonchev–Trinajstić information content (AvgIpc) is 2.74. The molecule has 16 heavy (non-hydrogen) atoms. The number of nitrogens with zero attached hydrogens (tertiary/aromatic N) is 2. The van der Waals surface area contributed by atoms with Crippen molar-refractivity contribution >= 4 is 51.5 Å². The van der Waals surface area contributed by atoms with Gasteiger partial charge < -0.3 is 4.74 Å². The summed E-state index contributed by atoms with van der Waals surface area (Å²) in [6, 6.07) is 0. The molecule has 0 aliphatic heterocycles. The van der Waals surface area contributed by atoms with Crippen LogP contribution in [-0.2, 0) is 4.79 Å². The number of hydrogen-bond acceptors (Lipinski definition) is 7. The highest BCUT2D eigenvalue weighted by Gasteiger charge is 2.19. The molecule has 0 saturated carbocycles. The first kappa shape index (κ1) is 11.2. The lowest BCUT2D eigenvalue weighted by molar-refractivity contribution is -0.129. The van der Waals surface area contributed by atoms with Crippen molar-refractivity contribution in [2.75, 3.05) is 0 Å². The zero-order valence-electron chi connectivity index (χ0n) is 7.75. The van der Waals surface area contributed by atoms with Crippen molar-refractivity contribution in [1.82, 2.24) is 10.2 Å². The molecule has 7 heteroatoms. The van der Waals surface area contributed by atoms with E-state index in [0.29, 0.717) is 9.73 Å². The molecule has 4 nitrogen and oxygen atoms in total. The number of thiocarbonyl (C=S) groups is 2. The topological polar surface area (TPSA) is 52.1 Å². The molecule has 2 rings (SSSR count). The van der Waals surface area contributed by atoms with Gasteiger partial charge in [0.1, 0.15) is 5.51 Å². The Hall–Kier alpha value is -1.31. The van der Waals surface area contributed by atoms with Gasteiger partial charge in [0.05, 0.1) is 10.4 Å². The Balaban J connectivity index is 2.16. The number of aromatic nitrogens is 2. The summed E-state index contributed by atoms with van der Waals surface area (Å²) in [7, 11) is 0. The van der Waals surface area contributed by atoms with Crippen molar-refractivity contribution in [1.29, 1.82) is 0 Å². The number of ether oxygens (including phenoxy) is 1. The number of hydrogen-bond donors (Lipinski definition) is 0. The van der Waals surface area contributed by atoms with E-state index in [1.54, 1.807) is 12.2 Å². The molecule has 0 unspecified atom stereocenters. The van der Waals surface area contributed by atoms with Crippen molar-refractivity contribution in [2.45, 2.75) is 0 Å². The van der Waals surface area contributed by atoms with Crippen molar-refractivity contribution < 1.29 is 9.53 Å². The molecule has 0 bridgehead atoms. The van der Waals surface area contributed by atoms with Crippen LogP contribution in [-0.4, -0.2) is 25.9 Å². The summed E-state index contributed by atoms with van der Waals surface area (Å²) in [5.41, 5.74) is 1.75. The molecule has 0 saturated heterocycles. The maximum absolute atomic E-state index is 11.7. The molecule has 80 valence electrons. The molecule has 1 heterocycles. The minimum absolute atomic E-state index is 0.189. The van der Waals surface area contributed by atoms with Gasteiger partial charge in [-0.15, -0.1) is 5.10 Å². The maximum atomic E-state index is 11.7. The van der Waals surface area contributed by atoms with Crippen LogP contribution < -0.4 is 4.74 Å². The first-order valence-corrected chi connectivity index (χ1v) is 5.83. The highest BCUT2D eigenvalue weighted by Crippen LogP contribution is 2.16. The predicted octanol–water partition coefficient (Wildman–Crippen LogP) is 1.68. The van der Waals surface area contributed by atoms with Gasteiger partial charge in [-0.3, -0.25) is 0 Å². The van der Waals surface area contributed by atoms with Gasteiger partial charge in [0.25, 0.3) is 0 Å². The van der Waals surface area contributed by atoms with Crippen LogP contribution in [0.25, 0.3) is 0 Å². The van der Waals surface area contributed by atoms with Gasteiger partial charge in [0.15, 0.2) is 0 Å². The number of esters is 1. The van der Waals surface area contributed by atoms with Crippen molar-refractivity contribution in [3.63, 3.8) is 0 Å². The normalized spacial score (nSPS) is 14.9. The molecule has 0 N–H and O–H groups in total. The predicted molar refractivity (Wildman–Crippen MR) is 68.0 cm³/mol. The largest absolute Gasteiger partial charge is 0.393 e. The zero-order valence-corrected chi connectivity index (χ0v) is 10.2. The summed E-state index contributed by atoms with van der Waals surface area (Å²) in [5.74, 6) is -0.562. The van der Waals surface area contributed by atoms with Gasteiger partial charge in [-0.05, 0) is 18.2 Å². The molecule has 0 amide bonds. The molecule has 0 aromatic carbocycles. The zero-order chi connectivity index (χ0) is 11.5. The number of carbonyl (C=O) groups excluding carboxylic acids is 1. The summed E-state index contributed by atoms with van der Waals surface area (Å²) in [4.78, 5) is 12.6. The Bertz CT molecular complexity index is 517. The van der Waals surface area contributed by atoms with Gasteiger partial charge >= 0.3 is 11.2 Å². The Labute approximate surface area is 106 Å². The van der Waals surface area contributed by atoms with Crippen LogP contribution in [0.4, 0.5) is 0 Å². The van der Waals surface area contributed by atoms with Gasteiger partial charge in [0.2, 0.25) is 0 Å². The Morgan fingerprint density at radius 3 is 2.88 bits per heavy atom. The number of carbonyl (C=O) groups is 1. The summed E-state index contributed by atoms with van der Waals surface area (Å²) >= 11 is 11.1. The van der Waals surface area contributed by atoms with E-state index >= 15 is 0 Å². The van der Waals surface area contributed by atoms with Crippen LogP contribution in [0, 0.1) is 0 Å². The SMILES string of the molecule is O=C(Oc1nncs1)C1=CC(=S)C=CC1=S. The first-order chi connectivity index (χ1) is 7.66. The fraction of sp³-hybridized carbons (Fsp3) is 0. The molecule has 1 aromatic heterocycles. The molecule has 0 fully saturated rings. The molecule has 1 aromatic rings. The number of allylic oxidation sites excluding steroid dienone is 3. The van der Waals surface area contributed by atoms with E-state index in [9.17, 15) is 4.79 Å². The van der Waals surface area contributed by atoms with Crippen LogP contribution >= 0.6 is 35.8 Å². The second kappa shape index (κ2) is 4.69. The van der Waals surface area contributed by atoms with E-state index in [1.165, 1.54) is 11.6 Å². The molecule has 0 atom stereocenters. The molecule has 1 aliphatic rings. The molecule has 1 aliphatic carbocycles. The summed E-state index contributed by atoms with van der Waals surface area (Å²) in [5, 5.41) is 7.34. The van der Waals surface area contributed by atoms with Crippen molar-refractivity contribution in [3.05, 3.63) is 29.3 Å². The fourth-order valence-electron chi connectivity index (χ4n) is 1.01. The minimum atomic E-state index is -0.562. The standard InChI is InChI=1S/C9H4N2O2S3/c12-8(13-9-11-10-4-16-9)6-3-5(14)1-2-7(6)15/h1-4H. The van der Waals surface area contributed by atoms with E-state index in [-0.39, 0.29) is 10.8 Å². The Morgan fingerprint density at radius 2 is 2.19 bits per heavy atom. The van der Waals surface area contributed by atoms with Crippen LogP contribution in [0.15, 0.2) is 29.3 Å². The van der Waals surface area contributed by atoms with E-state index < -0.39 is 5.97 Å². The Kier molecular flexibility index (Phi) is 3.28. The lowest BCUT2D eigenvalue weighted by atomic mass is 10.1. The second-order valence-electron chi connectivity index (χ2n) is 2.75. The van der Waals surface area contributed by atoms with Crippen molar-refractivity contribution in [3.8, 4) is 5.19 Å². The van der Waals surface area contributed by atoms with E-state index in [0.717, 1.165) is 11.3 Å². The summed E-state index contributed by atoms with van der Waals surface area (Å²) in [6.45, 7) is 0. The summed E-state index contributed by atoms with van der Waals surface area (Å²) < 4.78 is 4.97. The third kappa shape index (κ3) is 2.43. The number of rotatable bonds is 2. The minimum Gasteiger partial charge on any atom is -0.393 e. The van der Waals surface area contributed by atoms with Gasteiger partial charge in [-0.2, -0.15) is 0 Å². The smallest absolute Gasteiger partial charge is 0.347 e. The lowest BCUT2D eigenvalue weighted by Gasteiger charge is -2.07. The van der Waals surface area contributed by atoms with E-state index in [2.05, 4.69) is 10.2 Å². The molecule has 0 spiro atoms. The van der Waals surface area contributed by atoms with E-state index in [1.807, 2.05) is 0 Å². The van der Waals surface area contributed by atoms with Crippen LogP contribution in [0.5, 0.6) is 5.19 Å². The lowest BCUT2D eigenvalue weighted by Crippen LogP contribution is -2.19. The van der Waals surface area contributed by atoms with E-state index in [4.69, 9.17) is 29.2 Å². The molecular weight excluding hydrogens is 264 g/mol. The maximum Gasteiger partial charge on any atom is 0.347 e. The van der Waals surface area contributed by atoms with Gasteiger partial charge in [0, 0.05) is 4.86 Å². The first-order valence-electron chi connectivity index (χ1n) is 4.13. The van der Waals surface area contributed by atoms with Crippen molar-refractivity contribution in [2.24, 2.45) is 0 Å². The van der Waals surface area contributed by atoms with Gasteiger partial charge in [-0.25, -0.2) is 4.79 Å². The Morgan fingerprint density at radius 1 is 1.38 bits per heavy atom. The monoisotopic (exact) mass is 268 g/mol. The summed E-state index contributed by atoms with van der Waals surface area (Å²) in [6.07, 6.45) is 4.79. The quantitative estimate of drug-likeness (QED) is 0.601. The molecule has 0 radical (unpaired) electrons. The second-order valence-corrected chi connectivity index (χ2v) is 4.46. The third-order valence-electron chi connectivity index (χ3n) is 1.69. The van der Waals surface area contributed by atoms with Crippen LogP contribution in [0.1, 0.15) is 0 Å². The van der Waals surface area contributed by atoms with Gasteiger partial charge in [-0.1, -0.05) is 40.9 Å². The third-order valence-corrected chi connectivity index (χ3v) is 2.87. The average molecular weight is 268 g/mol. The fourth-order valence-corrected chi connectivity index (χ4v) is 1.81. The molecular formula is C9H4N2O2S3.